The number of nitrogens with zero attached hydrogens (tertiary/aromatic N) is 3. The summed E-state index contributed by atoms with van der Waals surface area (Å²) < 4.78 is 19.3. The molecule has 1 atom stereocenters. The first-order chi connectivity index (χ1) is 13.1. The molecule has 0 amide bonds. The van der Waals surface area contributed by atoms with Crippen molar-refractivity contribution in [2.24, 2.45) is 5.92 Å². The molecule has 1 aromatic heterocycles. The van der Waals surface area contributed by atoms with E-state index in [-0.39, 0.29) is 11.4 Å². The predicted molar refractivity (Wildman–Crippen MR) is 104 cm³/mol. The maximum absolute atomic E-state index is 13.0. The van der Waals surface area contributed by atoms with Crippen LogP contribution in [0.5, 0.6) is 0 Å². The van der Waals surface area contributed by atoms with E-state index in [0.29, 0.717) is 5.92 Å². The minimum atomic E-state index is -0.172. The van der Waals surface area contributed by atoms with E-state index in [1.165, 1.54) is 24.1 Å². The minimum Gasteiger partial charge on any atom is -0.372 e. The Balaban J connectivity index is 1.19. The molecule has 0 aliphatic carbocycles. The highest BCUT2D eigenvalue weighted by molar-refractivity contribution is 5.17. The topological polar surface area (TPSA) is 28.6 Å². The standard InChI is InChI=1S/C22H28FN3O/c1-25(12-19-3-2-10-24-11-19)13-20-8-9-22(27-15-20)16-26(17-22)14-18-4-6-21(23)7-5-18/h2-7,10-11,20H,8-9,12-17H2,1H3. The van der Waals surface area contributed by atoms with Gasteiger partial charge in [0.15, 0.2) is 0 Å². The van der Waals surface area contributed by atoms with Gasteiger partial charge >= 0.3 is 0 Å². The summed E-state index contributed by atoms with van der Waals surface area (Å²) in [5.74, 6) is 0.428. The molecule has 4 nitrogen and oxygen atoms in total. The number of pyridine rings is 1. The lowest BCUT2D eigenvalue weighted by Gasteiger charge is -2.53. The number of benzene rings is 1. The van der Waals surface area contributed by atoms with Crippen molar-refractivity contribution >= 4 is 0 Å². The number of hydrogen-bond donors (Lipinski definition) is 0. The van der Waals surface area contributed by atoms with E-state index in [0.717, 1.165) is 51.3 Å². The SMILES string of the molecule is CN(Cc1cccnc1)CC1CCC2(CN(Cc3ccc(F)cc3)C2)OC1. The molecule has 1 spiro atoms. The van der Waals surface area contributed by atoms with Gasteiger partial charge in [-0.1, -0.05) is 18.2 Å². The molecule has 2 saturated heterocycles. The largest absolute Gasteiger partial charge is 0.372 e. The van der Waals surface area contributed by atoms with Gasteiger partial charge in [-0.05, 0) is 55.1 Å². The quantitative estimate of drug-likeness (QED) is 0.781. The molecule has 0 saturated carbocycles. The molecule has 4 rings (SSSR count). The Morgan fingerprint density at radius 1 is 1.22 bits per heavy atom. The first-order valence-electron chi connectivity index (χ1n) is 9.78. The van der Waals surface area contributed by atoms with Crippen molar-refractivity contribution in [1.29, 1.82) is 0 Å². The Morgan fingerprint density at radius 2 is 2.04 bits per heavy atom. The molecule has 2 aliphatic heterocycles. The third-order valence-corrected chi connectivity index (χ3v) is 5.72. The lowest BCUT2D eigenvalue weighted by molar-refractivity contribution is -0.183. The molecule has 27 heavy (non-hydrogen) atoms. The summed E-state index contributed by atoms with van der Waals surface area (Å²) in [6, 6.07) is 10.9. The van der Waals surface area contributed by atoms with Crippen molar-refractivity contribution in [2.75, 3.05) is 33.3 Å². The zero-order chi connectivity index (χ0) is 18.7. The molecule has 0 bridgehead atoms. The van der Waals surface area contributed by atoms with Crippen molar-refractivity contribution in [3.63, 3.8) is 0 Å². The van der Waals surface area contributed by atoms with E-state index in [2.05, 4.69) is 27.9 Å². The first kappa shape index (κ1) is 18.5. The number of aromatic nitrogens is 1. The molecule has 1 aromatic carbocycles. The molecule has 3 heterocycles. The second-order valence-corrected chi connectivity index (χ2v) is 8.23. The van der Waals surface area contributed by atoms with Crippen molar-refractivity contribution in [1.82, 2.24) is 14.8 Å². The molecular weight excluding hydrogens is 341 g/mol. The van der Waals surface area contributed by atoms with Crippen LogP contribution in [0.3, 0.4) is 0 Å². The summed E-state index contributed by atoms with van der Waals surface area (Å²) in [6.07, 6.45) is 6.11. The summed E-state index contributed by atoms with van der Waals surface area (Å²) in [5.41, 5.74) is 2.47. The normalized spacial score (nSPS) is 22.1. The zero-order valence-corrected chi connectivity index (χ0v) is 16.0. The van der Waals surface area contributed by atoms with E-state index < -0.39 is 0 Å². The van der Waals surface area contributed by atoms with Crippen LogP contribution in [-0.2, 0) is 17.8 Å². The van der Waals surface area contributed by atoms with Crippen LogP contribution >= 0.6 is 0 Å². The third kappa shape index (κ3) is 4.72. The van der Waals surface area contributed by atoms with Gasteiger partial charge < -0.3 is 9.64 Å². The van der Waals surface area contributed by atoms with Crippen molar-refractivity contribution in [3.05, 3.63) is 65.7 Å². The minimum absolute atomic E-state index is 0.0540. The van der Waals surface area contributed by atoms with Gasteiger partial charge in [-0.3, -0.25) is 9.88 Å². The van der Waals surface area contributed by atoms with Crippen LogP contribution in [-0.4, -0.2) is 53.7 Å². The second-order valence-electron chi connectivity index (χ2n) is 8.23. The van der Waals surface area contributed by atoms with E-state index in [9.17, 15) is 4.39 Å². The summed E-state index contributed by atoms with van der Waals surface area (Å²) in [6.45, 7) is 5.70. The Morgan fingerprint density at radius 3 is 2.70 bits per heavy atom. The maximum atomic E-state index is 13.0. The fourth-order valence-electron chi connectivity index (χ4n) is 4.35. The van der Waals surface area contributed by atoms with E-state index in [1.54, 1.807) is 0 Å². The van der Waals surface area contributed by atoms with Crippen LogP contribution in [0.25, 0.3) is 0 Å². The molecule has 2 aromatic rings. The third-order valence-electron chi connectivity index (χ3n) is 5.72. The fraction of sp³-hybridized carbons (Fsp3) is 0.500. The summed E-state index contributed by atoms with van der Waals surface area (Å²) in [4.78, 5) is 8.95. The summed E-state index contributed by atoms with van der Waals surface area (Å²) in [7, 11) is 2.17. The molecule has 0 N–H and O–H groups in total. The Labute approximate surface area is 161 Å². The Kier molecular flexibility index (Phi) is 5.53. The summed E-state index contributed by atoms with van der Waals surface area (Å²) >= 11 is 0. The van der Waals surface area contributed by atoms with Crippen LogP contribution in [0.4, 0.5) is 4.39 Å². The number of rotatable bonds is 6. The van der Waals surface area contributed by atoms with Crippen LogP contribution in [0.15, 0.2) is 48.8 Å². The predicted octanol–water partition coefficient (Wildman–Crippen LogP) is 3.33. The highest BCUT2D eigenvalue weighted by atomic mass is 19.1. The van der Waals surface area contributed by atoms with E-state index >= 15 is 0 Å². The first-order valence-corrected chi connectivity index (χ1v) is 9.78. The number of likely N-dealkylation sites (tertiary alicyclic amines) is 1. The van der Waals surface area contributed by atoms with Crippen LogP contribution in [0, 0.1) is 11.7 Å². The monoisotopic (exact) mass is 369 g/mol. The van der Waals surface area contributed by atoms with Gasteiger partial charge in [-0.2, -0.15) is 0 Å². The van der Waals surface area contributed by atoms with Crippen molar-refractivity contribution < 1.29 is 9.13 Å². The Bertz CT molecular complexity index is 721. The molecule has 2 fully saturated rings. The van der Waals surface area contributed by atoms with Gasteiger partial charge in [-0.25, -0.2) is 4.39 Å². The lowest BCUT2D eigenvalue weighted by atomic mass is 9.82. The van der Waals surface area contributed by atoms with Gasteiger partial charge in [0.05, 0.1) is 12.2 Å². The summed E-state index contributed by atoms with van der Waals surface area (Å²) in [5, 5.41) is 0. The van der Waals surface area contributed by atoms with Gasteiger partial charge in [0, 0.05) is 45.1 Å². The maximum Gasteiger partial charge on any atom is 0.123 e. The molecule has 2 aliphatic rings. The van der Waals surface area contributed by atoms with Gasteiger partial charge in [0.1, 0.15) is 5.82 Å². The van der Waals surface area contributed by atoms with Crippen molar-refractivity contribution in [3.8, 4) is 0 Å². The molecule has 1 unspecified atom stereocenters. The van der Waals surface area contributed by atoms with Crippen LogP contribution in [0.1, 0.15) is 24.0 Å². The van der Waals surface area contributed by atoms with Crippen molar-refractivity contribution in [2.45, 2.75) is 31.5 Å². The average Bonchev–Trinajstić information content (AvgIpc) is 2.64. The molecular formula is C22H28FN3O. The highest BCUT2D eigenvalue weighted by Gasteiger charge is 2.46. The van der Waals surface area contributed by atoms with Gasteiger partial charge in [0.2, 0.25) is 0 Å². The lowest BCUT2D eigenvalue weighted by Crippen LogP contribution is -2.64. The average molecular weight is 369 g/mol. The molecule has 5 heteroatoms. The Hall–Kier alpha value is -1.82. The van der Waals surface area contributed by atoms with Gasteiger partial charge in [0.25, 0.3) is 0 Å². The second kappa shape index (κ2) is 8.05. The van der Waals surface area contributed by atoms with E-state index in [1.807, 2.05) is 30.6 Å². The highest BCUT2D eigenvalue weighted by Crippen LogP contribution is 2.36. The number of halogens is 1. The van der Waals surface area contributed by atoms with E-state index in [4.69, 9.17) is 4.74 Å². The van der Waals surface area contributed by atoms with Crippen LogP contribution in [0.2, 0.25) is 0 Å². The number of ether oxygens (including phenoxy) is 1. The fourth-order valence-corrected chi connectivity index (χ4v) is 4.35. The number of hydrogen-bond acceptors (Lipinski definition) is 4. The zero-order valence-electron chi connectivity index (χ0n) is 16.0. The van der Waals surface area contributed by atoms with Gasteiger partial charge in [-0.15, -0.1) is 0 Å². The van der Waals surface area contributed by atoms with Crippen LogP contribution < -0.4 is 0 Å². The molecule has 144 valence electrons. The smallest absolute Gasteiger partial charge is 0.123 e. The molecule has 0 radical (unpaired) electrons.